The van der Waals surface area contributed by atoms with Gasteiger partial charge in [-0.05, 0) is 43.7 Å². The number of nitrogens with zero attached hydrogens (tertiary/aromatic N) is 2. The Labute approximate surface area is 183 Å². The molecule has 0 unspecified atom stereocenters. The van der Waals surface area contributed by atoms with Crippen LogP contribution in [0.5, 0.6) is 0 Å². The van der Waals surface area contributed by atoms with Crippen molar-refractivity contribution in [1.29, 1.82) is 0 Å². The highest BCUT2D eigenvalue weighted by atomic mass is 35.5. The van der Waals surface area contributed by atoms with Crippen LogP contribution in [0.4, 0.5) is 0 Å². The van der Waals surface area contributed by atoms with Crippen molar-refractivity contribution in [3.8, 4) is 0 Å². The van der Waals surface area contributed by atoms with Crippen LogP contribution in [-0.2, 0) is 9.53 Å². The normalized spacial score (nSPS) is 24.2. The number of benzene rings is 1. The van der Waals surface area contributed by atoms with Gasteiger partial charge in [-0.25, -0.2) is 0 Å². The number of carbonyl (C=O) groups excluding carboxylic acids is 2. The van der Waals surface area contributed by atoms with Gasteiger partial charge in [-0.3, -0.25) is 14.5 Å². The van der Waals surface area contributed by atoms with E-state index in [1.165, 1.54) is 12.8 Å². The van der Waals surface area contributed by atoms with Crippen molar-refractivity contribution in [3.63, 3.8) is 0 Å². The van der Waals surface area contributed by atoms with Gasteiger partial charge in [-0.15, -0.1) is 0 Å². The molecule has 2 saturated heterocycles. The van der Waals surface area contributed by atoms with Gasteiger partial charge in [0.1, 0.15) is 0 Å². The van der Waals surface area contributed by atoms with Crippen LogP contribution in [0.3, 0.4) is 0 Å². The molecule has 1 aliphatic carbocycles. The molecule has 1 saturated carbocycles. The van der Waals surface area contributed by atoms with E-state index in [9.17, 15) is 9.59 Å². The van der Waals surface area contributed by atoms with E-state index in [4.69, 9.17) is 16.3 Å². The van der Waals surface area contributed by atoms with E-state index in [1.54, 1.807) is 12.1 Å². The molecule has 0 radical (unpaired) electrons. The van der Waals surface area contributed by atoms with E-state index in [2.05, 4.69) is 10.2 Å². The molecule has 2 heterocycles. The highest BCUT2D eigenvalue weighted by Crippen LogP contribution is 2.31. The second kappa shape index (κ2) is 10.1. The molecule has 164 valence electrons. The number of ether oxygens (including phenoxy) is 1. The van der Waals surface area contributed by atoms with Gasteiger partial charge < -0.3 is 15.0 Å². The van der Waals surface area contributed by atoms with Crippen LogP contribution >= 0.6 is 11.6 Å². The first-order valence-electron chi connectivity index (χ1n) is 11.3. The van der Waals surface area contributed by atoms with E-state index in [-0.39, 0.29) is 24.0 Å². The smallest absolute Gasteiger partial charge is 0.255 e. The Morgan fingerprint density at radius 2 is 1.80 bits per heavy atom. The van der Waals surface area contributed by atoms with E-state index in [0.717, 1.165) is 32.3 Å². The number of hydrogen-bond acceptors (Lipinski definition) is 4. The molecule has 7 heteroatoms. The Hall–Kier alpha value is -1.63. The average molecular weight is 434 g/mol. The Morgan fingerprint density at radius 1 is 1.07 bits per heavy atom. The zero-order valence-corrected chi connectivity index (χ0v) is 18.3. The third kappa shape index (κ3) is 4.98. The maximum atomic E-state index is 13.2. The highest BCUT2D eigenvalue weighted by Gasteiger charge is 2.37. The molecular formula is C23H32ClN3O3. The predicted octanol–water partition coefficient (Wildman–Crippen LogP) is 2.95. The monoisotopic (exact) mass is 433 g/mol. The third-order valence-electron chi connectivity index (χ3n) is 6.74. The fraction of sp³-hybridized carbons (Fsp3) is 0.652. The average Bonchev–Trinajstić information content (AvgIpc) is 3.47. The fourth-order valence-electron chi connectivity index (χ4n) is 5.08. The third-order valence-corrected chi connectivity index (χ3v) is 7.07. The summed E-state index contributed by atoms with van der Waals surface area (Å²) < 4.78 is 5.66. The molecule has 3 aliphatic rings. The van der Waals surface area contributed by atoms with Crippen LogP contribution in [0.1, 0.15) is 48.9 Å². The molecule has 0 spiro atoms. The number of hydrogen-bond donors (Lipinski definition) is 1. The Bertz CT molecular complexity index is 739. The van der Waals surface area contributed by atoms with Crippen molar-refractivity contribution in [2.24, 2.45) is 5.92 Å². The number of rotatable bonds is 6. The summed E-state index contributed by atoms with van der Waals surface area (Å²) in [5.74, 6) is 0.504. The molecule has 0 aromatic heterocycles. The van der Waals surface area contributed by atoms with Crippen molar-refractivity contribution >= 4 is 23.4 Å². The van der Waals surface area contributed by atoms with Crippen molar-refractivity contribution < 1.29 is 14.3 Å². The van der Waals surface area contributed by atoms with E-state index < -0.39 is 0 Å². The van der Waals surface area contributed by atoms with E-state index in [0.29, 0.717) is 49.2 Å². The van der Waals surface area contributed by atoms with Gasteiger partial charge in [0, 0.05) is 39.3 Å². The predicted molar refractivity (Wildman–Crippen MR) is 117 cm³/mol. The largest absolute Gasteiger partial charge is 0.376 e. The molecule has 2 amide bonds. The molecule has 4 rings (SSSR count). The van der Waals surface area contributed by atoms with Crippen LogP contribution in [0, 0.1) is 5.92 Å². The van der Waals surface area contributed by atoms with E-state index in [1.807, 2.05) is 17.0 Å². The first-order chi connectivity index (χ1) is 14.6. The molecular weight excluding hydrogens is 402 g/mol. The van der Waals surface area contributed by atoms with Gasteiger partial charge in [-0.1, -0.05) is 36.6 Å². The van der Waals surface area contributed by atoms with Crippen molar-refractivity contribution in [2.75, 3.05) is 39.3 Å². The summed E-state index contributed by atoms with van der Waals surface area (Å²) in [4.78, 5) is 30.2. The number of carbonyl (C=O) groups is 2. The van der Waals surface area contributed by atoms with Gasteiger partial charge >= 0.3 is 0 Å². The minimum atomic E-state index is -0.105. The molecule has 6 nitrogen and oxygen atoms in total. The van der Waals surface area contributed by atoms with Gasteiger partial charge in [0.15, 0.2) is 0 Å². The number of piperazine rings is 1. The topological polar surface area (TPSA) is 61.9 Å². The second-order valence-electron chi connectivity index (χ2n) is 8.68. The van der Waals surface area contributed by atoms with Gasteiger partial charge in [0.2, 0.25) is 5.91 Å². The summed E-state index contributed by atoms with van der Waals surface area (Å²) in [6, 6.07) is 7.09. The minimum absolute atomic E-state index is 0.0273. The molecule has 30 heavy (non-hydrogen) atoms. The summed E-state index contributed by atoms with van der Waals surface area (Å²) >= 11 is 6.21. The highest BCUT2D eigenvalue weighted by molar-refractivity contribution is 6.33. The van der Waals surface area contributed by atoms with E-state index >= 15 is 0 Å². The maximum Gasteiger partial charge on any atom is 0.255 e. The summed E-state index contributed by atoms with van der Waals surface area (Å²) in [5, 5.41) is 3.65. The van der Waals surface area contributed by atoms with Crippen LogP contribution in [-0.4, -0.2) is 73.1 Å². The molecule has 1 N–H and O–H groups in total. The van der Waals surface area contributed by atoms with Gasteiger partial charge in [-0.2, -0.15) is 0 Å². The lowest BCUT2D eigenvalue weighted by molar-refractivity contribution is -0.129. The Morgan fingerprint density at radius 3 is 2.47 bits per heavy atom. The van der Waals surface area contributed by atoms with Crippen LogP contribution in [0.15, 0.2) is 24.3 Å². The van der Waals surface area contributed by atoms with Crippen LogP contribution in [0.25, 0.3) is 0 Å². The maximum absolute atomic E-state index is 13.2. The summed E-state index contributed by atoms with van der Waals surface area (Å²) in [5.41, 5.74) is 0.550. The van der Waals surface area contributed by atoms with Gasteiger partial charge in [0.25, 0.3) is 5.91 Å². The van der Waals surface area contributed by atoms with Crippen LogP contribution < -0.4 is 5.32 Å². The van der Waals surface area contributed by atoms with Crippen molar-refractivity contribution in [1.82, 2.24) is 15.1 Å². The molecule has 1 aromatic carbocycles. The molecule has 2 aliphatic heterocycles. The lowest BCUT2D eigenvalue weighted by Gasteiger charge is -2.41. The molecule has 1 aromatic rings. The minimum Gasteiger partial charge on any atom is -0.376 e. The first kappa shape index (κ1) is 21.6. The quantitative estimate of drug-likeness (QED) is 0.749. The zero-order valence-electron chi connectivity index (χ0n) is 17.5. The van der Waals surface area contributed by atoms with Crippen LogP contribution in [0.2, 0.25) is 5.02 Å². The number of nitrogens with one attached hydrogen (secondary N) is 1. The lowest BCUT2D eigenvalue weighted by Crippen LogP contribution is -2.58. The first-order valence-corrected chi connectivity index (χ1v) is 11.7. The van der Waals surface area contributed by atoms with Crippen molar-refractivity contribution in [3.05, 3.63) is 34.9 Å². The fourth-order valence-corrected chi connectivity index (χ4v) is 5.30. The molecule has 2 atom stereocenters. The summed E-state index contributed by atoms with van der Waals surface area (Å²) in [6.45, 7) is 4.06. The second-order valence-corrected chi connectivity index (χ2v) is 9.08. The molecule has 0 bridgehead atoms. The number of amides is 2. The standard InChI is InChI=1S/C23H32ClN3O3/c24-20-10-4-3-9-19(20)23(29)27-13-11-26(12-14-27)21(17-6-1-2-7-17)22(28)25-16-18-8-5-15-30-18/h3-4,9-10,17-18,21H,1-2,5-8,11-16H2,(H,25,28)/t18-,21+/m0/s1. The SMILES string of the molecule is O=C(NC[C@@H]1CCCO1)[C@@H](C1CCCC1)N1CCN(C(=O)c2ccccc2Cl)CC1. The Balaban J connectivity index is 1.37. The lowest BCUT2D eigenvalue weighted by atomic mass is 9.94. The number of halogens is 1. The summed E-state index contributed by atoms with van der Waals surface area (Å²) in [6.07, 6.45) is 6.87. The Kier molecular flexibility index (Phi) is 7.28. The van der Waals surface area contributed by atoms with Crippen molar-refractivity contribution in [2.45, 2.75) is 50.7 Å². The zero-order chi connectivity index (χ0) is 20.9. The summed E-state index contributed by atoms with van der Waals surface area (Å²) in [7, 11) is 0. The van der Waals surface area contributed by atoms with Gasteiger partial charge in [0.05, 0.1) is 22.7 Å². The molecule has 3 fully saturated rings.